The molecule has 0 spiro atoms. The minimum absolute atomic E-state index is 0.00518. The number of nitrogens with one attached hydrogen (secondary N) is 1. The van der Waals surface area contributed by atoms with Crippen LogP contribution >= 0.6 is 12.2 Å². The van der Waals surface area contributed by atoms with Crippen molar-refractivity contribution in [2.24, 2.45) is 0 Å². The minimum atomic E-state index is -0.00518. The Balaban J connectivity index is 1.73. The zero-order chi connectivity index (χ0) is 17.1. The summed E-state index contributed by atoms with van der Waals surface area (Å²) in [5, 5.41) is 3.62. The molecule has 1 aliphatic heterocycles. The summed E-state index contributed by atoms with van der Waals surface area (Å²) in [6, 6.07) is 7.99. The first kappa shape index (κ1) is 17.0. The molecule has 5 heteroatoms. The number of hydrogen-bond donors (Lipinski definition) is 1. The number of carbonyl (C=O) groups is 1. The smallest absolute Gasteiger partial charge is 0.276 e. The topological polar surface area (TPSA) is 41.6 Å². The van der Waals surface area contributed by atoms with Crippen molar-refractivity contribution in [2.75, 3.05) is 0 Å². The highest BCUT2D eigenvalue weighted by atomic mass is 32.1. The maximum absolute atomic E-state index is 12.7. The van der Waals surface area contributed by atoms with Crippen molar-refractivity contribution in [1.82, 2.24) is 10.2 Å². The Hall–Kier alpha value is -1.88. The molecule has 1 amide bonds. The third kappa shape index (κ3) is 3.78. The predicted octanol–water partition coefficient (Wildman–Crippen LogP) is 3.86. The molecule has 0 unspecified atom stereocenters. The lowest BCUT2D eigenvalue weighted by atomic mass is 9.94. The Kier molecular flexibility index (Phi) is 5.19. The monoisotopic (exact) mass is 344 g/mol. The largest absolute Gasteiger partial charge is 0.491 e. The Morgan fingerprint density at radius 3 is 2.50 bits per heavy atom. The maximum atomic E-state index is 12.7. The van der Waals surface area contributed by atoms with Crippen LogP contribution in [0.25, 0.3) is 6.08 Å². The van der Waals surface area contributed by atoms with E-state index in [0.717, 1.165) is 24.2 Å². The molecule has 1 N–H and O–H groups in total. The fraction of sp³-hybridized carbons (Fsp3) is 0.474. The van der Waals surface area contributed by atoms with Gasteiger partial charge < -0.3 is 10.1 Å². The van der Waals surface area contributed by atoms with Gasteiger partial charge in [-0.25, -0.2) is 0 Å². The van der Waals surface area contributed by atoms with Crippen molar-refractivity contribution in [1.29, 1.82) is 0 Å². The number of nitrogens with zero attached hydrogens (tertiary/aromatic N) is 1. The second-order valence-electron chi connectivity index (χ2n) is 6.69. The highest BCUT2D eigenvalue weighted by Crippen LogP contribution is 2.27. The molecule has 24 heavy (non-hydrogen) atoms. The van der Waals surface area contributed by atoms with Crippen LogP contribution in [0.5, 0.6) is 5.75 Å². The van der Waals surface area contributed by atoms with E-state index < -0.39 is 0 Å². The van der Waals surface area contributed by atoms with Gasteiger partial charge in [0.15, 0.2) is 5.11 Å². The van der Waals surface area contributed by atoms with Gasteiger partial charge in [0.1, 0.15) is 11.4 Å². The number of ether oxygens (including phenoxy) is 1. The van der Waals surface area contributed by atoms with Crippen LogP contribution in [0, 0.1) is 0 Å². The lowest BCUT2D eigenvalue weighted by molar-refractivity contribution is -0.124. The molecule has 1 saturated carbocycles. The molecule has 1 aliphatic carbocycles. The third-order valence-electron chi connectivity index (χ3n) is 4.41. The van der Waals surface area contributed by atoms with Gasteiger partial charge in [-0.2, -0.15) is 0 Å². The standard InChI is InChI=1S/C19H24N2O2S/c1-13(2)23-16-10-8-14(9-11-16)12-17-18(22)21(19(24)20-17)15-6-4-3-5-7-15/h8-13,15H,3-7H2,1-2H3,(H,20,24)/b17-12+. The molecule has 4 nitrogen and oxygen atoms in total. The number of thiocarbonyl (C=S) groups is 1. The van der Waals surface area contributed by atoms with E-state index in [0.29, 0.717) is 10.8 Å². The van der Waals surface area contributed by atoms with Crippen molar-refractivity contribution in [3.8, 4) is 5.75 Å². The zero-order valence-electron chi connectivity index (χ0n) is 14.2. The number of rotatable bonds is 4. The normalized spacial score (nSPS) is 20.8. The number of hydrogen-bond acceptors (Lipinski definition) is 3. The third-order valence-corrected chi connectivity index (χ3v) is 4.71. The van der Waals surface area contributed by atoms with Crippen LogP contribution in [0.15, 0.2) is 30.0 Å². The lowest BCUT2D eigenvalue weighted by Gasteiger charge is -2.29. The van der Waals surface area contributed by atoms with Gasteiger partial charge in [0.2, 0.25) is 0 Å². The Labute approximate surface area is 148 Å². The van der Waals surface area contributed by atoms with Crippen LogP contribution in [-0.2, 0) is 4.79 Å². The van der Waals surface area contributed by atoms with E-state index in [2.05, 4.69) is 5.32 Å². The molecular weight excluding hydrogens is 320 g/mol. The van der Waals surface area contributed by atoms with Crippen molar-refractivity contribution in [2.45, 2.75) is 58.1 Å². The second-order valence-corrected chi connectivity index (χ2v) is 7.08. The number of carbonyl (C=O) groups excluding carboxylic acids is 1. The second kappa shape index (κ2) is 7.34. The summed E-state index contributed by atoms with van der Waals surface area (Å²) in [6.45, 7) is 4.00. The molecule has 128 valence electrons. The summed E-state index contributed by atoms with van der Waals surface area (Å²) in [7, 11) is 0. The van der Waals surface area contributed by atoms with Crippen molar-refractivity contribution < 1.29 is 9.53 Å². The molecule has 1 heterocycles. The van der Waals surface area contributed by atoms with Gasteiger partial charge in [-0.15, -0.1) is 0 Å². The highest BCUT2D eigenvalue weighted by Gasteiger charge is 2.36. The van der Waals surface area contributed by atoms with E-state index >= 15 is 0 Å². The average Bonchev–Trinajstić information content (AvgIpc) is 2.83. The Bertz CT molecular complexity index is 646. The van der Waals surface area contributed by atoms with E-state index in [1.165, 1.54) is 19.3 Å². The molecule has 0 atom stereocenters. The van der Waals surface area contributed by atoms with Crippen LogP contribution in [0.4, 0.5) is 0 Å². The molecule has 1 saturated heterocycles. The van der Waals surface area contributed by atoms with Crippen molar-refractivity contribution in [3.63, 3.8) is 0 Å². The summed E-state index contributed by atoms with van der Waals surface area (Å²) in [5.41, 5.74) is 1.51. The molecule has 0 radical (unpaired) electrons. The van der Waals surface area contributed by atoms with E-state index in [1.807, 2.05) is 44.2 Å². The minimum Gasteiger partial charge on any atom is -0.491 e. The van der Waals surface area contributed by atoms with Crippen LogP contribution in [0.1, 0.15) is 51.5 Å². The van der Waals surface area contributed by atoms with E-state index in [1.54, 1.807) is 4.90 Å². The fourth-order valence-corrected chi connectivity index (χ4v) is 3.64. The van der Waals surface area contributed by atoms with Crippen molar-refractivity contribution >= 4 is 29.3 Å². The molecular formula is C19H24N2O2S. The van der Waals surface area contributed by atoms with E-state index in [-0.39, 0.29) is 18.1 Å². The van der Waals surface area contributed by atoms with Gasteiger partial charge >= 0.3 is 0 Å². The molecule has 3 rings (SSSR count). The fourth-order valence-electron chi connectivity index (χ4n) is 3.30. The van der Waals surface area contributed by atoms with E-state index in [4.69, 9.17) is 17.0 Å². The van der Waals surface area contributed by atoms with Gasteiger partial charge in [0.25, 0.3) is 5.91 Å². The summed E-state index contributed by atoms with van der Waals surface area (Å²) in [6.07, 6.45) is 7.70. The molecule has 1 aromatic rings. The molecule has 0 aromatic heterocycles. The average molecular weight is 344 g/mol. The quantitative estimate of drug-likeness (QED) is 0.665. The molecule has 1 aromatic carbocycles. The maximum Gasteiger partial charge on any atom is 0.276 e. The summed E-state index contributed by atoms with van der Waals surface area (Å²) in [4.78, 5) is 14.5. The van der Waals surface area contributed by atoms with Crippen LogP contribution in [0.2, 0.25) is 0 Å². The van der Waals surface area contributed by atoms with Gasteiger partial charge in [0.05, 0.1) is 6.10 Å². The summed E-state index contributed by atoms with van der Waals surface area (Å²) in [5.74, 6) is 0.826. The van der Waals surface area contributed by atoms with Crippen LogP contribution < -0.4 is 10.1 Å². The predicted molar refractivity (Wildman–Crippen MR) is 99.6 cm³/mol. The summed E-state index contributed by atoms with van der Waals surface area (Å²) >= 11 is 5.39. The molecule has 0 bridgehead atoms. The van der Waals surface area contributed by atoms with Crippen LogP contribution in [-0.4, -0.2) is 28.1 Å². The number of benzene rings is 1. The van der Waals surface area contributed by atoms with Gasteiger partial charge in [-0.05, 0) is 62.7 Å². The van der Waals surface area contributed by atoms with Gasteiger partial charge in [-0.3, -0.25) is 9.69 Å². The van der Waals surface area contributed by atoms with Gasteiger partial charge in [-0.1, -0.05) is 31.4 Å². The summed E-state index contributed by atoms with van der Waals surface area (Å²) < 4.78 is 5.64. The van der Waals surface area contributed by atoms with Gasteiger partial charge in [0, 0.05) is 6.04 Å². The highest BCUT2D eigenvalue weighted by molar-refractivity contribution is 7.80. The first-order chi connectivity index (χ1) is 11.5. The molecule has 2 fully saturated rings. The van der Waals surface area contributed by atoms with Crippen LogP contribution in [0.3, 0.4) is 0 Å². The van der Waals surface area contributed by atoms with Crippen molar-refractivity contribution in [3.05, 3.63) is 35.5 Å². The van der Waals surface area contributed by atoms with E-state index in [9.17, 15) is 4.79 Å². The first-order valence-corrected chi connectivity index (χ1v) is 9.08. The lowest BCUT2D eigenvalue weighted by Crippen LogP contribution is -2.41. The Morgan fingerprint density at radius 2 is 1.88 bits per heavy atom. The first-order valence-electron chi connectivity index (χ1n) is 8.67. The SMILES string of the molecule is CC(C)Oc1ccc(/C=C2/NC(=S)N(C3CCCCC3)C2=O)cc1. The zero-order valence-corrected chi connectivity index (χ0v) is 15.1. The number of amides is 1. The molecule has 2 aliphatic rings. The Morgan fingerprint density at radius 1 is 1.21 bits per heavy atom.